The van der Waals surface area contributed by atoms with E-state index in [4.69, 9.17) is 16.7 Å². The molecular weight excluding hydrogens is 218 g/mol. The predicted octanol–water partition coefficient (Wildman–Crippen LogP) is 0.294. The summed E-state index contributed by atoms with van der Waals surface area (Å²) >= 11 is 5.75. The average Bonchev–Trinajstić information content (AvgIpc) is 2.27. The number of anilines is 2. The molecule has 0 radical (unpaired) electrons. The van der Waals surface area contributed by atoms with Crippen LogP contribution in [0.1, 0.15) is 0 Å². The van der Waals surface area contributed by atoms with Crippen LogP contribution in [-0.2, 0) is 0 Å². The van der Waals surface area contributed by atoms with Crippen LogP contribution < -0.4 is 10.6 Å². The number of halogens is 1. The summed E-state index contributed by atoms with van der Waals surface area (Å²) in [6, 6.07) is 3.25. The molecule has 0 fully saturated rings. The van der Waals surface area contributed by atoms with Gasteiger partial charge in [-0.25, -0.2) is 4.98 Å². The van der Waals surface area contributed by atoms with Crippen LogP contribution in [0.5, 0.6) is 0 Å². The fourth-order valence-corrected chi connectivity index (χ4v) is 1.64. The van der Waals surface area contributed by atoms with Crippen molar-refractivity contribution in [2.24, 2.45) is 0 Å². The van der Waals surface area contributed by atoms with Gasteiger partial charge in [0, 0.05) is 6.54 Å². The van der Waals surface area contributed by atoms with Gasteiger partial charge >= 0.3 is 0 Å². The van der Waals surface area contributed by atoms with Crippen LogP contribution in [0.4, 0.5) is 11.5 Å². The van der Waals surface area contributed by atoms with E-state index in [1.54, 1.807) is 6.07 Å². The van der Waals surface area contributed by atoms with Gasteiger partial charge in [0.2, 0.25) is 0 Å². The molecule has 0 bridgehead atoms. The van der Waals surface area contributed by atoms with Crippen molar-refractivity contribution in [1.82, 2.24) is 4.98 Å². The van der Waals surface area contributed by atoms with Crippen LogP contribution in [-0.4, -0.2) is 40.5 Å². The first kappa shape index (κ1) is 10.5. The van der Waals surface area contributed by atoms with Crippen molar-refractivity contribution in [2.45, 2.75) is 12.1 Å². The maximum atomic E-state index is 9.46. The maximum Gasteiger partial charge on any atom is 0.151 e. The number of hydrogen-bond acceptors (Lipinski definition) is 5. The van der Waals surface area contributed by atoms with Gasteiger partial charge in [-0.05, 0) is 12.1 Å². The standard InChI is InChI=1S/C9H12ClN3O2/c10-8-2-1-5-9(13-8)12-6(3-11-5)7(15)4-14/h1-2,6-7,11,14-15H,3-4H2,(H,12,13)/t6?,7-/m0/s1. The molecule has 2 rings (SSSR count). The number of pyridine rings is 1. The molecule has 2 heterocycles. The minimum absolute atomic E-state index is 0.256. The topological polar surface area (TPSA) is 77.4 Å². The number of nitrogens with one attached hydrogen (secondary N) is 2. The second kappa shape index (κ2) is 4.22. The average molecular weight is 230 g/mol. The second-order valence-electron chi connectivity index (χ2n) is 3.41. The van der Waals surface area contributed by atoms with E-state index >= 15 is 0 Å². The van der Waals surface area contributed by atoms with E-state index in [0.29, 0.717) is 17.5 Å². The Labute approximate surface area is 92.1 Å². The molecule has 15 heavy (non-hydrogen) atoms. The molecule has 4 N–H and O–H groups in total. The third-order valence-corrected chi connectivity index (χ3v) is 2.56. The van der Waals surface area contributed by atoms with Crippen molar-refractivity contribution in [1.29, 1.82) is 0 Å². The summed E-state index contributed by atoms with van der Waals surface area (Å²) in [7, 11) is 0. The third kappa shape index (κ3) is 2.14. The van der Waals surface area contributed by atoms with Crippen molar-refractivity contribution in [3.63, 3.8) is 0 Å². The highest BCUT2D eigenvalue weighted by Gasteiger charge is 2.24. The first-order valence-electron chi connectivity index (χ1n) is 4.66. The monoisotopic (exact) mass is 229 g/mol. The van der Waals surface area contributed by atoms with Gasteiger partial charge in [0.15, 0.2) is 5.82 Å². The Balaban J connectivity index is 2.18. The summed E-state index contributed by atoms with van der Waals surface area (Å²) < 4.78 is 0. The van der Waals surface area contributed by atoms with Gasteiger partial charge in [0.25, 0.3) is 0 Å². The fourth-order valence-electron chi connectivity index (χ4n) is 1.49. The molecule has 0 saturated heterocycles. The van der Waals surface area contributed by atoms with E-state index in [9.17, 15) is 5.11 Å². The van der Waals surface area contributed by atoms with Crippen molar-refractivity contribution >= 4 is 23.1 Å². The van der Waals surface area contributed by atoms with Crippen LogP contribution in [0.25, 0.3) is 0 Å². The largest absolute Gasteiger partial charge is 0.394 e. The number of aliphatic hydroxyl groups excluding tert-OH is 2. The zero-order valence-corrected chi connectivity index (χ0v) is 8.70. The number of fused-ring (bicyclic) bond motifs is 1. The second-order valence-corrected chi connectivity index (χ2v) is 3.80. The molecule has 0 saturated carbocycles. The number of rotatable bonds is 2. The molecule has 5 nitrogen and oxygen atoms in total. The lowest BCUT2D eigenvalue weighted by Crippen LogP contribution is -2.44. The minimum atomic E-state index is -0.813. The summed E-state index contributed by atoms with van der Waals surface area (Å²) in [6.07, 6.45) is -0.813. The summed E-state index contributed by atoms with van der Waals surface area (Å²) in [4.78, 5) is 4.08. The Kier molecular flexibility index (Phi) is 2.95. The van der Waals surface area contributed by atoms with Crippen LogP contribution in [0.15, 0.2) is 12.1 Å². The van der Waals surface area contributed by atoms with Gasteiger partial charge in [0.1, 0.15) is 5.15 Å². The molecule has 0 aliphatic carbocycles. The van der Waals surface area contributed by atoms with Gasteiger partial charge in [-0.2, -0.15) is 0 Å². The Morgan fingerprint density at radius 3 is 3.13 bits per heavy atom. The summed E-state index contributed by atoms with van der Waals surface area (Å²) in [6.45, 7) is 0.257. The molecule has 1 aromatic heterocycles. The molecular formula is C9H12ClN3O2. The van der Waals surface area contributed by atoms with Crippen molar-refractivity contribution in [3.05, 3.63) is 17.3 Å². The predicted molar refractivity (Wildman–Crippen MR) is 58.2 cm³/mol. The number of aliphatic hydroxyl groups is 2. The molecule has 2 atom stereocenters. The highest BCUT2D eigenvalue weighted by Crippen LogP contribution is 2.26. The van der Waals surface area contributed by atoms with Crippen molar-refractivity contribution < 1.29 is 10.2 Å². The summed E-state index contributed by atoms with van der Waals surface area (Å²) in [5.41, 5.74) is 0.848. The van der Waals surface area contributed by atoms with Gasteiger partial charge in [-0.1, -0.05) is 11.6 Å². The molecule has 1 aliphatic heterocycles. The molecule has 82 valence electrons. The molecule has 0 aromatic carbocycles. The first-order chi connectivity index (χ1) is 7.20. The summed E-state index contributed by atoms with van der Waals surface area (Å²) in [5, 5.41) is 24.8. The SMILES string of the molecule is OC[C@H](O)C1CNc2ccc(Cl)nc2N1. The van der Waals surface area contributed by atoms with Crippen molar-refractivity contribution in [2.75, 3.05) is 23.8 Å². The smallest absolute Gasteiger partial charge is 0.151 e. The Hall–Kier alpha value is -1.04. The van der Waals surface area contributed by atoms with E-state index in [2.05, 4.69) is 15.6 Å². The Morgan fingerprint density at radius 2 is 2.40 bits per heavy atom. The van der Waals surface area contributed by atoms with E-state index in [-0.39, 0.29) is 12.6 Å². The molecule has 0 amide bonds. The van der Waals surface area contributed by atoms with Crippen molar-refractivity contribution in [3.8, 4) is 0 Å². The normalized spacial score (nSPS) is 21.1. The van der Waals surface area contributed by atoms with Gasteiger partial charge in [-0.15, -0.1) is 0 Å². The highest BCUT2D eigenvalue weighted by molar-refractivity contribution is 6.29. The lowest BCUT2D eigenvalue weighted by atomic mass is 10.1. The molecule has 1 aliphatic rings. The Morgan fingerprint density at radius 1 is 1.60 bits per heavy atom. The quantitative estimate of drug-likeness (QED) is 0.549. The van der Waals surface area contributed by atoms with E-state index < -0.39 is 6.10 Å². The first-order valence-corrected chi connectivity index (χ1v) is 5.04. The maximum absolute atomic E-state index is 9.46. The van der Waals surface area contributed by atoms with Gasteiger partial charge in [-0.3, -0.25) is 0 Å². The minimum Gasteiger partial charge on any atom is -0.394 e. The van der Waals surface area contributed by atoms with E-state index in [1.807, 2.05) is 6.07 Å². The lowest BCUT2D eigenvalue weighted by Gasteiger charge is -2.29. The van der Waals surface area contributed by atoms with Crippen LogP contribution in [0.3, 0.4) is 0 Å². The van der Waals surface area contributed by atoms with Gasteiger partial charge < -0.3 is 20.8 Å². The zero-order valence-electron chi connectivity index (χ0n) is 7.94. The highest BCUT2D eigenvalue weighted by atomic mass is 35.5. The summed E-state index contributed by atoms with van der Waals surface area (Å²) in [5.74, 6) is 0.603. The van der Waals surface area contributed by atoms with Crippen LogP contribution in [0, 0.1) is 0 Å². The zero-order chi connectivity index (χ0) is 10.8. The van der Waals surface area contributed by atoms with Crippen LogP contribution in [0.2, 0.25) is 5.15 Å². The molecule has 1 aromatic rings. The number of hydrogen-bond donors (Lipinski definition) is 4. The van der Waals surface area contributed by atoms with Gasteiger partial charge in [0.05, 0.1) is 24.4 Å². The third-order valence-electron chi connectivity index (χ3n) is 2.35. The van der Waals surface area contributed by atoms with E-state index in [1.165, 1.54) is 0 Å². The van der Waals surface area contributed by atoms with Crippen LogP contribution >= 0.6 is 11.6 Å². The van der Waals surface area contributed by atoms with E-state index in [0.717, 1.165) is 5.69 Å². The number of aromatic nitrogens is 1. The molecule has 1 unspecified atom stereocenters. The number of nitrogens with zero attached hydrogens (tertiary/aromatic N) is 1. The lowest BCUT2D eigenvalue weighted by molar-refractivity contribution is 0.0819. The fraction of sp³-hybridized carbons (Fsp3) is 0.444. The Bertz CT molecular complexity index is 361. The molecule has 0 spiro atoms. The molecule has 6 heteroatoms.